The minimum Gasteiger partial charge on any atom is -0.480 e. The van der Waals surface area contributed by atoms with Gasteiger partial charge in [0.05, 0.1) is 13.2 Å². The number of phosphoric acid groups is 1. The number of carbonyl (C=O) groups is 1. The second-order valence-corrected chi connectivity index (χ2v) is 3.78. The Morgan fingerprint density at radius 1 is 1.50 bits per heavy atom. The highest BCUT2D eigenvalue weighted by molar-refractivity contribution is 7.47. The molecule has 0 saturated heterocycles. The van der Waals surface area contributed by atoms with Crippen LogP contribution in [-0.4, -0.2) is 41.8 Å². The van der Waals surface area contributed by atoms with Crippen molar-refractivity contribution in [2.45, 2.75) is 6.04 Å². The van der Waals surface area contributed by atoms with E-state index in [0.29, 0.717) is 0 Å². The normalized spacial score (nSPS) is 17.4. The van der Waals surface area contributed by atoms with Crippen molar-refractivity contribution < 1.29 is 28.4 Å². The third kappa shape index (κ3) is 6.03. The highest BCUT2D eigenvalue weighted by atomic mass is 31.2. The van der Waals surface area contributed by atoms with Crippen LogP contribution in [0.1, 0.15) is 0 Å². The van der Waals surface area contributed by atoms with E-state index in [0.717, 1.165) is 0 Å². The van der Waals surface area contributed by atoms with Gasteiger partial charge in [0.1, 0.15) is 6.04 Å². The van der Waals surface area contributed by atoms with E-state index in [4.69, 9.17) is 21.5 Å². The van der Waals surface area contributed by atoms with Crippen molar-refractivity contribution in [2.75, 3.05) is 19.8 Å². The van der Waals surface area contributed by atoms with Gasteiger partial charge in [-0.3, -0.25) is 13.8 Å². The van der Waals surface area contributed by atoms with E-state index < -0.39 is 26.4 Å². The summed E-state index contributed by atoms with van der Waals surface area (Å²) in [5.74, 6) is -1.33. The minimum absolute atomic E-state index is 0.0545. The van der Waals surface area contributed by atoms with Crippen LogP contribution < -0.4 is 11.5 Å². The zero-order valence-electron chi connectivity index (χ0n) is 7.33. The van der Waals surface area contributed by atoms with Crippen molar-refractivity contribution in [3.8, 4) is 0 Å². The highest BCUT2D eigenvalue weighted by Crippen LogP contribution is 2.42. The molecule has 0 heterocycles. The summed E-state index contributed by atoms with van der Waals surface area (Å²) >= 11 is 0. The van der Waals surface area contributed by atoms with Gasteiger partial charge >= 0.3 is 13.8 Å². The molecular weight excluding hydrogens is 215 g/mol. The molecule has 9 heteroatoms. The van der Waals surface area contributed by atoms with Gasteiger partial charge in [0, 0.05) is 6.54 Å². The first-order valence-electron chi connectivity index (χ1n) is 3.69. The van der Waals surface area contributed by atoms with Gasteiger partial charge in [-0.2, -0.15) is 0 Å². The van der Waals surface area contributed by atoms with E-state index in [1.165, 1.54) is 0 Å². The molecule has 0 saturated carbocycles. The lowest BCUT2D eigenvalue weighted by atomic mass is 10.3. The van der Waals surface area contributed by atoms with Gasteiger partial charge in [-0.25, -0.2) is 4.57 Å². The fourth-order valence-corrected chi connectivity index (χ4v) is 1.21. The molecule has 0 radical (unpaired) electrons. The molecule has 6 N–H and O–H groups in total. The molecule has 0 bridgehead atoms. The molecule has 0 fully saturated rings. The van der Waals surface area contributed by atoms with Crippen LogP contribution in [-0.2, 0) is 18.4 Å². The van der Waals surface area contributed by atoms with Gasteiger partial charge in [-0.1, -0.05) is 0 Å². The standard InChI is InChI=1S/C5H13N2O6P/c6-1-2-12-14(10,11)13-3-4(7)5(8)9/h4H,1-3,6-7H2,(H,8,9)(H,10,11)/t4-/m0/s1. The van der Waals surface area contributed by atoms with Crippen molar-refractivity contribution in [1.82, 2.24) is 0 Å². The lowest BCUT2D eigenvalue weighted by molar-refractivity contribution is -0.139. The van der Waals surface area contributed by atoms with Crippen LogP contribution in [0.3, 0.4) is 0 Å². The average Bonchev–Trinajstić information content (AvgIpc) is 2.11. The molecule has 2 atom stereocenters. The minimum atomic E-state index is -4.23. The first-order valence-corrected chi connectivity index (χ1v) is 5.19. The van der Waals surface area contributed by atoms with Crippen LogP contribution in [0.25, 0.3) is 0 Å². The Morgan fingerprint density at radius 2 is 2.07 bits per heavy atom. The molecule has 1 unspecified atom stereocenters. The summed E-state index contributed by atoms with van der Waals surface area (Å²) in [5, 5.41) is 8.32. The van der Waals surface area contributed by atoms with E-state index in [1.807, 2.05) is 0 Å². The monoisotopic (exact) mass is 228 g/mol. The van der Waals surface area contributed by atoms with E-state index >= 15 is 0 Å². The molecule has 84 valence electrons. The molecule has 0 aliphatic carbocycles. The van der Waals surface area contributed by atoms with Crippen LogP contribution in [0.15, 0.2) is 0 Å². The summed E-state index contributed by atoms with van der Waals surface area (Å²) < 4.78 is 19.5. The predicted octanol–water partition coefficient (Wildman–Crippen LogP) is -1.51. The summed E-state index contributed by atoms with van der Waals surface area (Å²) in [6.45, 7) is -0.706. The summed E-state index contributed by atoms with van der Waals surface area (Å²) in [6, 6.07) is -1.36. The SMILES string of the molecule is NCCOP(=O)(O)OC[C@H](N)C(=O)O. The maximum absolute atomic E-state index is 10.9. The Hall–Kier alpha value is -0.500. The first kappa shape index (κ1) is 13.5. The third-order valence-corrected chi connectivity index (χ3v) is 2.09. The van der Waals surface area contributed by atoms with Gasteiger partial charge < -0.3 is 21.5 Å². The van der Waals surface area contributed by atoms with Crippen LogP contribution in [0.2, 0.25) is 0 Å². The Balaban J connectivity index is 3.86. The summed E-state index contributed by atoms with van der Waals surface area (Å²) in [5.41, 5.74) is 10.0. The molecule has 0 spiro atoms. The molecule has 0 aromatic heterocycles. The molecule has 8 nitrogen and oxygen atoms in total. The topological polar surface area (TPSA) is 145 Å². The number of phosphoric ester groups is 1. The lowest BCUT2D eigenvalue weighted by Gasteiger charge is -2.12. The van der Waals surface area contributed by atoms with Crippen LogP contribution in [0.4, 0.5) is 0 Å². The van der Waals surface area contributed by atoms with E-state index in [1.54, 1.807) is 0 Å². The number of carboxylic acid groups (broad SMARTS) is 1. The number of carboxylic acids is 1. The molecule has 0 amide bonds. The van der Waals surface area contributed by atoms with Crippen LogP contribution >= 0.6 is 7.82 Å². The molecule has 0 aliphatic heterocycles. The largest absolute Gasteiger partial charge is 0.480 e. The Kier molecular flexibility index (Phi) is 5.86. The molecule has 0 aromatic carbocycles. The molecule has 0 rings (SSSR count). The number of rotatable bonds is 7. The van der Waals surface area contributed by atoms with Crippen molar-refractivity contribution in [3.05, 3.63) is 0 Å². The predicted molar refractivity (Wildman–Crippen MR) is 46.4 cm³/mol. The summed E-state index contributed by atoms with van der Waals surface area (Å²) in [4.78, 5) is 19.1. The van der Waals surface area contributed by atoms with Crippen molar-refractivity contribution >= 4 is 13.8 Å². The zero-order chi connectivity index (χ0) is 11.2. The number of aliphatic carboxylic acids is 1. The average molecular weight is 228 g/mol. The molecular formula is C5H13N2O6P. The van der Waals surface area contributed by atoms with E-state index in [9.17, 15) is 9.36 Å². The highest BCUT2D eigenvalue weighted by Gasteiger charge is 2.23. The van der Waals surface area contributed by atoms with Crippen molar-refractivity contribution in [2.24, 2.45) is 11.5 Å². The van der Waals surface area contributed by atoms with Gasteiger partial charge in [0.2, 0.25) is 0 Å². The van der Waals surface area contributed by atoms with Crippen LogP contribution in [0.5, 0.6) is 0 Å². The Labute approximate surface area is 80.4 Å². The summed E-state index contributed by atoms with van der Waals surface area (Å²) in [7, 11) is -4.23. The number of hydrogen-bond donors (Lipinski definition) is 4. The maximum Gasteiger partial charge on any atom is 0.472 e. The van der Waals surface area contributed by atoms with Gasteiger partial charge in [0.15, 0.2) is 0 Å². The van der Waals surface area contributed by atoms with Crippen LogP contribution in [0, 0.1) is 0 Å². The quantitative estimate of drug-likeness (QED) is 0.385. The molecule has 14 heavy (non-hydrogen) atoms. The van der Waals surface area contributed by atoms with E-state index in [2.05, 4.69) is 9.05 Å². The van der Waals surface area contributed by atoms with Crippen molar-refractivity contribution in [1.29, 1.82) is 0 Å². The fourth-order valence-electron chi connectivity index (χ4n) is 0.451. The first-order chi connectivity index (χ1) is 6.39. The van der Waals surface area contributed by atoms with E-state index in [-0.39, 0.29) is 13.2 Å². The number of nitrogens with two attached hydrogens (primary N) is 2. The maximum atomic E-state index is 10.9. The lowest BCUT2D eigenvalue weighted by Crippen LogP contribution is -2.34. The van der Waals surface area contributed by atoms with Gasteiger partial charge in [-0.05, 0) is 0 Å². The summed E-state index contributed by atoms with van der Waals surface area (Å²) in [6.07, 6.45) is 0. The van der Waals surface area contributed by atoms with Gasteiger partial charge in [-0.15, -0.1) is 0 Å². The van der Waals surface area contributed by atoms with Gasteiger partial charge in [0.25, 0.3) is 0 Å². The third-order valence-electron chi connectivity index (χ3n) is 1.11. The Morgan fingerprint density at radius 3 is 2.50 bits per heavy atom. The smallest absolute Gasteiger partial charge is 0.472 e. The fraction of sp³-hybridized carbons (Fsp3) is 0.800. The second-order valence-electron chi connectivity index (χ2n) is 2.33. The molecule has 0 aliphatic rings. The van der Waals surface area contributed by atoms with Crippen molar-refractivity contribution in [3.63, 3.8) is 0 Å². The second kappa shape index (κ2) is 6.07. The Bertz CT molecular complexity index is 234. The zero-order valence-corrected chi connectivity index (χ0v) is 8.22. The number of hydrogen-bond acceptors (Lipinski definition) is 6. The molecule has 0 aromatic rings.